The van der Waals surface area contributed by atoms with Crippen LogP contribution < -0.4 is 10.6 Å². The number of rotatable bonds is 5. The van der Waals surface area contributed by atoms with Crippen LogP contribution in [-0.2, 0) is 11.3 Å². The van der Waals surface area contributed by atoms with E-state index >= 15 is 0 Å². The zero-order chi connectivity index (χ0) is 11.4. The van der Waals surface area contributed by atoms with E-state index in [1.165, 1.54) is 0 Å². The van der Waals surface area contributed by atoms with Crippen molar-refractivity contribution in [2.45, 2.75) is 32.4 Å². The largest absolute Gasteiger partial charge is 0.352 e. The molecule has 1 saturated carbocycles. The van der Waals surface area contributed by atoms with E-state index in [2.05, 4.69) is 20.6 Å². The SMILES string of the molecule is Cc1nccc(CNCC(=O)NC2CC2)n1. The molecule has 0 bridgehead atoms. The third kappa shape index (κ3) is 3.58. The molecule has 0 radical (unpaired) electrons. The number of amides is 1. The normalized spacial score (nSPS) is 14.8. The second-order valence-corrected chi connectivity index (χ2v) is 4.04. The van der Waals surface area contributed by atoms with E-state index in [-0.39, 0.29) is 5.91 Å². The van der Waals surface area contributed by atoms with Crippen LogP contribution in [0.25, 0.3) is 0 Å². The smallest absolute Gasteiger partial charge is 0.234 e. The average molecular weight is 220 g/mol. The lowest BCUT2D eigenvalue weighted by atomic mass is 10.4. The van der Waals surface area contributed by atoms with Crippen LogP contribution in [0.1, 0.15) is 24.4 Å². The Balaban J connectivity index is 1.68. The molecule has 86 valence electrons. The molecular formula is C11H16N4O. The van der Waals surface area contributed by atoms with Crippen molar-refractivity contribution >= 4 is 5.91 Å². The Morgan fingerprint density at radius 2 is 2.38 bits per heavy atom. The first-order chi connectivity index (χ1) is 7.74. The second kappa shape index (κ2) is 5.03. The number of hydrogen-bond acceptors (Lipinski definition) is 4. The molecule has 0 aliphatic heterocycles. The summed E-state index contributed by atoms with van der Waals surface area (Å²) in [6.07, 6.45) is 3.97. The first-order valence-corrected chi connectivity index (χ1v) is 5.52. The van der Waals surface area contributed by atoms with Gasteiger partial charge in [0.05, 0.1) is 12.2 Å². The molecule has 0 atom stereocenters. The van der Waals surface area contributed by atoms with Crippen molar-refractivity contribution < 1.29 is 4.79 Å². The van der Waals surface area contributed by atoms with Crippen LogP contribution in [0.15, 0.2) is 12.3 Å². The highest BCUT2D eigenvalue weighted by molar-refractivity contribution is 5.78. The monoisotopic (exact) mass is 220 g/mol. The molecule has 1 heterocycles. The molecule has 5 heteroatoms. The van der Waals surface area contributed by atoms with Gasteiger partial charge in [-0.3, -0.25) is 4.79 Å². The van der Waals surface area contributed by atoms with Gasteiger partial charge in [-0.05, 0) is 25.8 Å². The van der Waals surface area contributed by atoms with Crippen molar-refractivity contribution in [2.24, 2.45) is 0 Å². The van der Waals surface area contributed by atoms with E-state index in [9.17, 15) is 4.79 Å². The highest BCUT2D eigenvalue weighted by atomic mass is 16.2. The second-order valence-electron chi connectivity index (χ2n) is 4.04. The molecule has 1 amide bonds. The number of aryl methyl sites for hydroxylation is 1. The Kier molecular flexibility index (Phi) is 3.46. The number of carbonyl (C=O) groups is 1. The summed E-state index contributed by atoms with van der Waals surface area (Å²) in [7, 11) is 0. The Bertz CT molecular complexity index is 376. The summed E-state index contributed by atoms with van der Waals surface area (Å²) in [5, 5.41) is 5.98. The van der Waals surface area contributed by atoms with Gasteiger partial charge in [-0.2, -0.15) is 0 Å². The standard InChI is InChI=1S/C11H16N4O/c1-8-13-5-4-10(14-8)6-12-7-11(16)15-9-2-3-9/h4-5,9,12H,2-3,6-7H2,1H3,(H,15,16). The van der Waals surface area contributed by atoms with E-state index in [1.807, 2.05) is 13.0 Å². The molecule has 2 rings (SSSR count). The predicted octanol–water partition coefficient (Wildman–Crippen LogP) is 0.153. The topological polar surface area (TPSA) is 66.9 Å². The number of nitrogens with one attached hydrogen (secondary N) is 2. The van der Waals surface area contributed by atoms with Gasteiger partial charge in [0.15, 0.2) is 0 Å². The number of carbonyl (C=O) groups excluding carboxylic acids is 1. The van der Waals surface area contributed by atoms with E-state index in [1.54, 1.807) is 6.20 Å². The molecule has 1 aromatic heterocycles. The summed E-state index contributed by atoms with van der Waals surface area (Å²) < 4.78 is 0. The number of aromatic nitrogens is 2. The summed E-state index contributed by atoms with van der Waals surface area (Å²) in [6, 6.07) is 2.27. The van der Waals surface area contributed by atoms with Gasteiger partial charge in [-0.25, -0.2) is 9.97 Å². The fraction of sp³-hybridized carbons (Fsp3) is 0.545. The quantitative estimate of drug-likeness (QED) is 0.741. The van der Waals surface area contributed by atoms with Crippen LogP contribution >= 0.6 is 0 Å². The minimum absolute atomic E-state index is 0.0632. The molecule has 0 aromatic carbocycles. The van der Waals surface area contributed by atoms with Gasteiger partial charge in [0.1, 0.15) is 5.82 Å². The van der Waals surface area contributed by atoms with Gasteiger partial charge in [0.2, 0.25) is 5.91 Å². The van der Waals surface area contributed by atoms with E-state index in [0.717, 1.165) is 24.4 Å². The van der Waals surface area contributed by atoms with E-state index in [0.29, 0.717) is 19.1 Å². The predicted molar refractivity (Wildman–Crippen MR) is 59.6 cm³/mol. The van der Waals surface area contributed by atoms with Crippen LogP contribution in [0, 0.1) is 6.92 Å². The minimum Gasteiger partial charge on any atom is -0.352 e. The Morgan fingerprint density at radius 1 is 1.56 bits per heavy atom. The van der Waals surface area contributed by atoms with Crippen molar-refractivity contribution in [3.8, 4) is 0 Å². The molecule has 0 unspecified atom stereocenters. The molecule has 1 aromatic rings. The molecule has 1 fully saturated rings. The highest BCUT2D eigenvalue weighted by Gasteiger charge is 2.22. The zero-order valence-electron chi connectivity index (χ0n) is 9.36. The van der Waals surface area contributed by atoms with Gasteiger partial charge in [-0.1, -0.05) is 0 Å². The maximum Gasteiger partial charge on any atom is 0.234 e. The first kappa shape index (κ1) is 11.0. The molecule has 1 aliphatic carbocycles. The van der Waals surface area contributed by atoms with Crippen molar-refractivity contribution in [1.29, 1.82) is 0 Å². The fourth-order valence-corrected chi connectivity index (χ4v) is 1.41. The molecular weight excluding hydrogens is 204 g/mol. The molecule has 0 spiro atoms. The lowest BCUT2D eigenvalue weighted by molar-refractivity contribution is -0.120. The van der Waals surface area contributed by atoms with Crippen molar-refractivity contribution in [3.05, 3.63) is 23.8 Å². The van der Waals surface area contributed by atoms with Gasteiger partial charge in [0.25, 0.3) is 0 Å². The summed E-state index contributed by atoms with van der Waals surface area (Å²) in [5.41, 5.74) is 0.909. The van der Waals surface area contributed by atoms with Crippen molar-refractivity contribution in [1.82, 2.24) is 20.6 Å². The molecule has 5 nitrogen and oxygen atoms in total. The van der Waals surface area contributed by atoms with Gasteiger partial charge in [0, 0.05) is 18.8 Å². The Morgan fingerprint density at radius 3 is 3.06 bits per heavy atom. The lowest BCUT2D eigenvalue weighted by Crippen LogP contribution is -2.34. The number of hydrogen-bond donors (Lipinski definition) is 2. The maximum absolute atomic E-state index is 11.3. The zero-order valence-corrected chi connectivity index (χ0v) is 9.36. The first-order valence-electron chi connectivity index (χ1n) is 5.52. The summed E-state index contributed by atoms with van der Waals surface area (Å²) >= 11 is 0. The highest BCUT2D eigenvalue weighted by Crippen LogP contribution is 2.18. The van der Waals surface area contributed by atoms with Crippen molar-refractivity contribution in [2.75, 3.05) is 6.54 Å². The Labute approximate surface area is 94.7 Å². The third-order valence-corrected chi connectivity index (χ3v) is 2.37. The van der Waals surface area contributed by atoms with E-state index in [4.69, 9.17) is 0 Å². The Hall–Kier alpha value is -1.49. The van der Waals surface area contributed by atoms with Gasteiger partial charge >= 0.3 is 0 Å². The summed E-state index contributed by atoms with van der Waals surface area (Å²) in [4.78, 5) is 19.6. The van der Waals surface area contributed by atoms with Crippen LogP contribution in [0.2, 0.25) is 0 Å². The van der Waals surface area contributed by atoms with Crippen LogP contribution in [0.3, 0.4) is 0 Å². The molecule has 16 heavy (non-hydrogen) atoms. The molecule has 1 aliphatic rings. The van der Waals surface area contributed by atoms with E-state index < -0.39 is 0 Å². The third-order valence-electron chi connectivity index (χ3n) is 2.37. The number of nitrogens with zero attached hydrogens (tertiary/aromatic N) is 2. The summed E-state index contributed by atoms with van der Waals surface area (Å²) in [5.74, 6) is 0.815. The van der Waals surface area contributed by atoms with Crippen molar-refractivity contribution in [3.63, 3.8) is 0 Å². The molecule has 0 saturated heterocycles. The maximum atomic E-state index is 11.3. The average Bonchev–Trinajstić information content (AvgIpc) is 3.02. The van der Waals surface area contributed by atoms with Gasteiger partial charge in [-0.15, -0.1) is 0 Å². The van der Waals surface area contributed by atoms with Gasteiger partial charge < -0.3 is 10.6 Å². The summed E-state index contributed by atoms with van der Waals surface area (Å²) in [6.45, 7) is 2.80. The minimum atomic E-state index is 0.0632. The van der Waals surface area contributed by atoms with Crippen LogP contribution in [0.5, 0.6) is 0 Å². The van der Waals surface area contributed by atoms with Crippen LogP contribution in [-0.4, -0.2) is 28.5 Å². The lowest BCUT2D eigenvalue weighted by Gasteiger charge is -2.05. The molecule has 2 N–H and O–H groups in total. The van der Waals surface area contributed by atoms with Crippen LogP contribution in [0.4, 0.5) is 0 Å². The fourth-order valence-electron chi connectivity index (χ4n) is 1.41.